The highest BCUT2D eigenvalue weighted by Gasteiger charge is 2.45. The normalized spacial score (nSPS) is 25.9. The van der Waals surface area contributed by atoms with Crippen molar-refractivity contribution in [1.29, 1.82) is 0 Å². The number of piperidine rings is 1. The van der Waals surface area contributed by atoms with E-state index in [9.17, 15) is 14.7 Å². The van der Waals surface area contributed by atoms with Crippen molar-refractivity contribution in [3.8, 4) is 0 Å². The summed E-state index contributed by atoms with van der Waals surface area (Å²) in [6.45, 7) is 9.46. The lowest BCUT2D eigenvalue weighted by molar-refractivity contribution is -0.158. The van der Waals surface area contributed by atoms with Gasteiger partial charge in [-0.25, -0.2) is 0 Å². The summed E-state index contributed by atoms with van der Waals surface area (Å²) in [4.78, 5) is 27.6. The number of rotatable bonds is 5. The lowest BCUT2D eigenvalue weighted by atomic mass is 9.87. The Kier molecular flexibility index (Phi) is 5.35. The van der Waals surface area contributed by atoms with Gasteiger partial charge in [0.25, 0.3) is 0 Å². The number of aliphatic carboxylic acids is 1. The molecule has 0 saturated carbocycles. The van der Waals surface area contributed by atoms with Crippen LogP contribution in [0.5, 0.6) is 0 Å². The van der Waals surface area contributed by atoms with Gasteiger partial charge in [0, 0.05) is 19.6 Å². The van der Waals surface area contributed by atoms with E-state index in [2.05, 4.69) is 0 Å². The van der Waals surface area contributed by atoms with E-state index < -0.39 is 11.5 Å². The summed E-state index contributed by atoms with van der Waals surface area (Å²) in [7, 11) is 0. The smallest absolute Gasteiger partial charge is 0.323 e. The highest BCUT2D eigenvalue weighted by Crippen LogP contribution is 2.30. The molecule has 2 atom stereocenters. The van der Waals surface area contributed by atoms with Gasteiger partial charge >= 0.3 is 5.97 Å². The number of likely N-dealkylation sites (N-methyl/N-ethyl adjacent to an activating group) is 1. The number of hydrogen-bond donors (Lipinski definition) is 1. The number of carbonyl (C=O) groups excluding carboxylic acids is 1. The Bertz CT molecular complexity index is 342. The molecule has 1 aliphatic rings. The van der Waals surface area contributed by atoms with Crippen molar-refractivity contribution in [2.24, 2.45) is 0 Å². The van der Waals surface area contributed by atoms with Crippen molar-refractivity contribution in [2.45, 2.75) is 58.5 Å². The number of hydrogen-bond acceptors (Lipinski definition) is 3. The lowest BCUT2D eigenvalue weighted by Crippen LogP contribution is -2.61. The van der Waals surface area contributed by atoms with Crippen LogP contribution in [0.2, 0.25) is 0 Å². The van der Waals surface area contributed by atoms with E-state index in [0.29, 0.717) is 26.1 Å². The fourth-order valence-electron chi connectivity index (χ4n) is 2.93. The number of nitrogens with zero attached hydrogens (tertiary/aromatic N) is 2. The maximum absolute atomic E-state index is 12.4. The average Bonchev–Trinajstić information content (AvgIpc) is 2.39. The molecule has 0 aromatic heterocycles. The van der Waals surface area contributed by atoms with Crippen molar-refractivity contribution in [3.63, 3.8) is 0 Å². The van der Waals surface area contributed by atoms with Crippen LogP contribution in [0.25, 0.3) is 0 Å². The van der Waals surface area contributed by atoms with E-state index in [-0.39, 0.29) is 11.9 Å². The second kappa shape index (κ2) is 6.37. The van der Waals surface area contributed by atoms with Crippen molar-refractivity contribution in [2.75, 3.05) is 19.6 Å². The van der Waals surface area contributed by atoms with Gasteiger partial charge in [-0.3, -0.25) is 14.5 Å². The molecule has 110 valence electrons. The summed E-state index contributed by atoms with van der Waals surface area (Å²) in [6.07, 6.45) is 2.47. The molecule has 1 saturated heterocycles. The average molecular weight is 270 g/mol. The predicted octanol–water partition coefficient (Wildman–Crippen LogP) is 1.57. The van der Waals surface area contributed by atoms with Crippen LogP contribution in [0.4, 0.5) is 0 Å². The van der Waals surface area contributed by atoms with Gasteiger partial charge in [-0.05, 0) is 47.0 Å². The van der Waals surface area contributed by atoms with Gasteiger partial charge in [0.05, 0.1) is 6.04 Å². The molecule has 1 heterocycles. The highest BCUT2D eigenvalue weighted by atomic mass is 16.4. The molecule has 0 radical (unpaired) electrons. The Morgan fingerprint density at radius 2 is 1.89 bits per heavy atom. The highest BCUT2D eigenvalue weighted by molar-refractivity contribution is 5.84. The first-order valence-corrected chi connectivity index (χ1v) is 7.17. The van der Waals surface area contributed by atoms with Gasteiger partial charge in [-0.1, -0.05) is 0 Å². The molecule has 0 aliphatic carbocycles. The number of amides is 1. The molecule has 0 aromatic carbocycles. The molecule has 1 rings (SSSR count). The van der Waals surface area contributed by atoms with E-state index in [4.69, 9.17) is 0 Å². The summed E-state index contributed by atoms with van der Waals surface area (Å²) in [6, 6.07) is -0.374. The first-order chi connectivity index (χ1) is 8.88. The Balaban J connectivity index is 2.92. The number of carbonyl (C=O) groups is 2. The molecular weight excluding hydrogens is 244 g/mol. The zero-order valence-corrected chi connectivity index (χ0v) is 12.5. The van der Waals surface area contributed by atoms with Gasteiger partial charge in [-0.2, -0.15) is 0 Å². The van der Waals surface area contributed by atoms with Crippen LogP contribution in [0, 0.1) is 0 Å². The molecule has 0 bridgehead atoms. The summed E-state index contributed by atoms with van der Waals surface area (Å²) in [5.41, 5.74) is -0.916. The van der Waals surface area contributed by atoms with Crippen LogP contribution in [0.15, 0.2) is 0 Å². The maximum Gasteiger partial charge on any atom is 0.323 e. The van der Waals surface area contributed by atoms with E-state index in [1.54, 1.807) is 11.8 Å². The maximum atomic E-state index is 12.4. The van der Waals surface area contributed by atoms with Crippen LogP contribution in [-0.4, -0.2) is 58.0 Å². The van der Waals surface area contributed by atoms with E-state index in [1.165, 1.54) is 0 Å². The van der Waals surface area contributed by atoms with E-state index >= 15 is 0 Å². The number of likely N-dealkylation sites (tertiary alicyclic amines) is 1. The fraction of sp³-hybridized carbons (Fsp3) is 0.857. The van der Waals surface area contributed by atoms with Crippen molar-refractivity contribution in [3.05, 3.63) is 0 Å². The quantitative estimate of drug-likeness (QED) is 0.824. The van der Waals surface area contributed by atoms with Crippen LogP contribution >= 0.6 is 0 Å². The Hall–Kier alpha value is -1.10. The lowest BCUT2D eigenvalue weighted by Gasteiger charge is -2.45. The third-order valence-electron chi connectivity index (χ3n) is 4.31. The first kappa shape index (κ1) is 16.0. The van der Waals surface area contributed by atoms with Gasteiger partial charge in [0.1, 0.15) is 5.54 Å². The van der Waals surface area contributed by atoms with E-state index in [1.807, 2.05) is 25.7 Å². The van der Waals surface area contributed by atoms with Gasteiger partial charge in [-0.15, -0.1) is 0 Å². The zero-order chi connectivity index (χ0) is 14.6. The molecule has 0 aromatic rings. The van der Waals surface area contributed by atoms with Crippen molar-refractivity contribution in [1.82, 2.24) is 9.80 Å². The summed E-state index contributed by atoms with van der Waals surface area (Å²) in [5.74, 6) is -0.800. The third-order valence-corrected chi connectivity index (χ3v) is 4.31. The van der Waals surface area contributed by atoms with Gasteiger partial charge < -0.3 is 10.0 Å². The number of carboxylic acid groups (broad SMARTS) is 1. The topological polar surface area (TPSA) is 60.9 Å². The standard InChI is InChI=1S/C14H26N2O3/c1-5-15(6-2)12(17)11(3)16-10-8-7-9-14(16,4)13(18)19/h11H,5-10H2,1-4H3,(H,18,19). The van der Waals surface area contributed by atoms with Gasteiger partial charge in [0.15, 0.2) is 0 Å². The largest absolute Gasteiger partial charge is 0.480 e. The molecule has 0 spiro atoms. The number of carboxylic acids is 1. The monoisotopic (exact) mass is 270 g/mol. The van der Waals surface area contributed by atoms with E-state index in [0.717, 1.165) is 12.8 Å². The third kappa shape index (κ3) is 3.08. The molecule has 1 amide bonds. The first-order valence-electron chi connectivity index (χ1n) is 7.17. The molecule has 5 nitrogen and oxygen atoms in total. The summed E-state index contributed by atoms with van der Waals surface area (Å²) < 4.78 is 0. The minimum atomic E-state index is -0.916. The molecule has 19 heavy (non-hydrogen) atoms. The van der Waals surface area contributed by atoms with Crippen LogP contribution in [-0.2, 0) is 9.59 Å². The van der Waals surface area contributed by atoms with Crippen LogP contribution < -0.4 is 0 Å². The molecule has 5 heteroatoms. The second-order valence-corrected chi connectivity index (χ2v) is 5.42. The van der Waals surface area contributed by atoms with Crippen molar-refractivity contribution < 1.29 is 14.7 Å². The zero-order valence-electron chi connectivity index (χ0n) is 12.5. The predicted molar refractivity (Wildman–Crippen MR) is 74.0 cm³/mol. The van der Waals surface area contributed by atoms with Crippen LogP contribution in [0.1, 0.15) is 47.0 Å². The molecule has 1 fully saturated rings. The van der Waals surface area contributed by atoms with Crippen LogP contribution in [0.3, 0.4) is 0 Å². The minimum absolute atomic E-state index is 0.0272. The summed E-state index contributed by atoms with van der Waals surface area (Å²) >= 11 is 0. The second-order valence-electron chi connectivity index (χ2n) is 5.42. The SMILES string of the molecule is CCN(CC)C(=O)C(C)N1CCCCC1(C)C(=O)O. The molecule has 2 unspecified atom stereocenters. The van der Waals surface area contributed by atoms with Gasteiger partial charge in [0.2, 0.25) is 5.91 Å². The minimum Gasteiger partial charge on any atom is -0.480 e. The molecule has 1 aliphatic heterocycles. The fourth-order valence-corrected chi connectivity index (χ4v) is 2.93. The molecule has 1 N–H and O–H groups in total. The Labute approximate surface area is 115 Å². The van der Waals surface area contributed by atoms with Crippen molar-refractivity contribution >= 4 is 11.9 Å². The Morgan fingerprint density at radius 1 is 1.32 bits per heavy atom. The summed E-state index contributed by atoms with van der Waals surface area (Å²) in [5, 5.41) is 9.49. The Morgan fingerprint density at radius 3 is 2.37 bits per heavy atom. The molecular formula is C14H26N2O3.